The molecule has 232 valence electrons. The average Bonchev–Trinajstić information content (AvgIpc) is 3.21. The molecular formula is C48H30N2. The highest BCUT2D eigenvalue weighted by molar-refractivity contribution is 6.25. The fourth-order valence-electron chi connectivity index (χ4n) is 7.50. The highest BCUT2D eigenvalue weighted by atomic mass is 14.8. The second-order valence-corrected chi connectivity index (χ2v) is 13.0. The largest absolute Gasteiger partial charge is 0.245 e. The SMILES string of the molecule is c1ccc(-c2ccc3ccc4ccc(-c5cccc(-c6ccc(-c7ccc8c9ccccc9c9ccccc9c8c7)cc6)c5)nc4c3n2)cc1. The highest BCUT2D eigenvalue weighted by Gasteiger charge is 2.12. The molecule has 0 spiro atoms. The second kappa shape index (κ2) is 11.5. The minimum atomic E-state index is 0.920. The monoisotopic (exact) mass is 634 g/mol. The van der Waals surface area contributed by atoms with Gasteiger partial charge in [-0.15, -0.1) is 0 Å². The normalized spacial score (nSPS) is 11.6. The van der Waals surface area contributed by atoms with Crippen molar-refractivity contribution in [2.75, 3.05) is 0 Å². The minimum Gasteiger partial charge on any atom is -0.245 e. The van der Waals surface area contributed by atoms with Crippen LogP contribution in [0.1, 0.15) is 0 Å². The Morgan fingerprint density at radius 1 is 0.240 bits per heavy atom. The summed E-state index contributed by atoms with van der Waals surface area (Å²) >= 11 is 0. The van der Waals surface area contributed by atoms with Crippen LogP contribution < -0.4 is 0 Å². The third-order valence-electron chi connectivity index (χ3n) is 10.0. The van der Waals surface area contributed by atoms with E-state index in [4.69, 9.17) is 9.97 Å². The van der Waals surface area contributed by atoms with Crippen LogP contribution in [0.15, 0.2) is 182 Å². The molecule has 0 aliphatic rings. The quantitative estimate of drug-likeness (QED) is 0.180. The van der Waals surface area contributed by atoms with Crippen molar-refractivity contribution in [1.82, 2.24) is 9.97 Å². The van der Waals surface area contributed by atoms with Crippen LogP contribution in [0.3, 0.4) is 0 Å². The molecule has 10 rings (SSSR count). The fourth-order valence-corrected chi connectivity index (χ4v) is 7.50. The Labute approximate surface area is 290 Å². The van der Waals surface area contributed by atoms with E-state index in [1.165, 1.54) is 49.0 Å². The molecule has 2 heterocycles. The molecule has 2 aromatic heterocycles. The van der Waals surface area contributed by atoms with E-state index in [0.29, 0.717) is 0 Å². The number of rotatable bonds is 4. The lowest BCUT2D eigenvalue weighted by Gasteiger charge is -2.12. The van der Waals surface area contributed by atoms with Gasteiger partial charge in [0.25, 0.3) is 0 Å². The Bertz CT molecular complexity index is 2870. The van der Waals surface area contributed by atoms with E-state index in [2.05, 4.69) is 164 Å². The Morgan fingerprint density at radius 3 is 1.26 bits per heavy atom. The summed E-state index contributed by atoms with van der Waals surface area (Å²) in [6.07, 6.45) is 0. The van der Waals surface area contributed by atoms with Crippen LogP contribution in [0.4, 0.5) is 0 Å². The summed E-state index contributed by atoms with van der Waals surface area (Å²) in [4.78, 5) is 10.3. The first-order valence-electron chi connectivity index (χ1n) is 17.1. The summed E-state index contributed by atoms with van der Waals surface area (Å²) in [6.45, 7) is 0. The van der Waals surface area contributed by atoms with Gasteiger partial charge in [0.05, 0.1) is 22.4 Å². The molecule has 0 aliphatic carbocycles. The topological polar surface area (TPSA) is 25.8 Å². The molecule has 0 saturated heterocycles. The van der Waals surface area contributed by atoms with Crippen molar-refractivity contribution in [3.8, 4) is 44.8 Å². The van der Waals surface area contributed by atoms with Gasteiger partial charge in [0.1, 0.15) is 0 Å². The van der Waals surface area contributed by atoms with E-state index in [1.807, 2.05) is 18.2 Å². The molecule has 0 bridgehead atoms. The Balaban J connectivity index is 1.01. The zero-order valence-corrected chi connectivity index (χ0v) is 27.2. The van der Waals surface area contributed by atoms with E-state index < -0.39 is 0 Å². The number of aromatic nitrogens is 2. The molecule has 50 heavy (non-hydrogen) atoms. The summed E-state index contributed by atoms with van der Waals surface area (Å²) in [6, 6.07) is 65.1. The van der Waals surface area contributed by atoms with Crippen molar-refractivity contribution in [3.05, 3.63) is 182 Å². The molecule has 2 heteroatoms. The van der Waals surface area contributed by atoms with E-state index in [0.717, 1.165) is 49.9 Å². The molecule has 0 atom stereocenters. The van der Waals surface area contributed by atoms with Crippen LogP contribution in [0.5, 0.6) is 0 Å². The van der Waals surface area contributed by atoms with Gasteiger partial charge >= 0.3 is 0 Å². The van der Waals surface area contributed by atoms with Crippen molar-refractivity contribution in [1.29, 1.82) is 0 Å². The van der Waals surface area contributed by atoms with Gasteiger partial charge in [-0.05, 0) is 78.8 Å². The van der Waals surface area contributed by atoms with E-state index in [-0.39, 0.29) is 0 Å². The highest BCUT2D eigenvalue weighted by Crippen LogP contribution is 2.38. The van der Waals surface area contributed by atoms with Crippen LogP contribution in [0, 0.1) is 0 Å². The van der Waals surface area contributed by atoms with Crippen molar-refractivity contribution in [3.63, 3.8) is 0 Å². The summed E-state index contributed by atoms with van der Waals surface area (Å²) in [5, 5.41) is 9.94. The van der Waals surface area contributed by atoms with Crippen LogP contribution in [-0.2, 0) is 0 Å². The first-order valence-corrected chi connectivity index (χ1v) is 17.1. The van der Waals surface area contributed by atoms with Gasteiger partial charge in [-0.1, -0.05) is 158 Å². The molecule has 0 unspecified atom stereocenters. The smallest absolute Gasteiger partial charge is 0.0972 e. The fraction of sp³-hybridized carbons (Fsp3) is 0. The number of pyridine rings is 2. The number of hydrogen-bond donors (Lipinski definition) is 0. The third kappa shape index (κ3) is 4.73. The zero-order chi connectivity index (χ0) is 33.0. The zero-order valence-electron chi connectivity index (χ0n) is 27.2. The molecule has 8 aromatic carbocycles. The first-order chi connectivity index (χ1) is 24.8. The molecule has 0 radical (unpaired) electrons. The van der Waals surface area contributed by atoms with Crippen molar-refractivity contribution in [2.24, 2.45) is 0 Å². The molecular weight excluding hydrogens is 605 g/mol. The lowest BCUT2D eigenvalue weighted by Crippen LogP contribution is -1.91. The maximum atomic E-state index is 5.20. The predicted molar refractivity (Wildman–Crippen MR) is 211 cm³/mol. The first kappa shape index (κ1) is 28.4. The molecule has 0 amide bonds. The van der Waals surface area contributed by atoms with Gasteiger partial charge in [-0.25, -0.2) is 9.97 Å². The number of fused-ring (bicyclic) bond motifs is 9. The molecule has 10 aromatic rings. The van der Waals surface area contributed by atoms with Gasteiger partial charge in [-0.2, -0.15) is 0 Å². The summed E-state index contributed by atoms with van der Waals surface area (Å²) in [7, 11) is 0. The average molecular weight is 635 g/mol. The predicted octanol–water partition coefficient (Wildman–Crippen LogP) is 12.9. The van der Waals surface area contributed by atoms with Crippen molar-refractivity contribution < 1.29 is 0 Å². The van der Waals surface area contributed by atoms with E-state index in [9.17, 15) is 0 Å². The standard InChI is InChI=1S/C48H30N2/c1-2-9-33(10-3-1)45-27-24-34-21-22-35-25-28-46(50-48(35)47(34)49-45)38-12-8-11-36(29-38)31-17-19-32(20-18-31)37-23-26-43-41-15-5-4-13-39(41)40-14-6-7-16-42(40)44(43)30-37/h1-30H. The number of hydrogen-bond acceptors (Lipinski definition) is 2. The number of nitrogens with zero attached hydrogens (tertiary/aromatic N) is 2. The van der Waals surface area contributed by atoms with Gasteiger partial charge in [0, 0.05) is 21.9 Å². The molecule has 0 fully saturated rings. The lowest BCUT2D eigenvalue weighted by molar-refractivity contribution is 1.36. The van der Waals surface area contributed by atoms with Crippen LogP contribution >= 0.6 is 0 Å². The van der Waals surface area contributed by atoms with Crippen LogP contribution in [-0.4, -0.2) is 9.97 Å². The maximum Gasteiger partial charge on any atom is 0.0972 e. The van der Waals surface area contributed by atoms with Crippen molar-refractivity contribution in [2.45, 2.75) is 0 Å². The second-order valence-electron chi connectivity index (χ2n) is 13.0. The summed E-state index contributed by atoms with van der Waals surface area (Å²) < 4.78 is 0. The Hall–Kier alpha value is -6.64. The van der Waals surface area contributed by atoms with Gasteiger partial charge < -0.3 is 0 Å². The Kier molecular flexibility index (Phi) is 6.53. The molecule has 2 nitrogen and oxygen atoms in total. The number of benzene rings is 8. The lowest BCUT2D eigenvalue weighted by atomic mass is 9.91. The van der Waals surface area contributed by atoms with Crippen LogP contribution in [0.25, 0.3) is 98.9 Å². The molecule has 0 N–H and O–H groups in total. The molecule has 0 aliphatic heterocycles. The third-order valence-corrected chi connectivity index (χ3v) is 10.0. The van der Waals surface area contributed by atoms with Gasteiger partial charge in [0.15, 0.2) is 0 Å². The summed E-state index contributed by atoms with van der Waals surface area (Å²) in [5.41, 5.74) is 10.7. The van der Waals surface area contributed by atoms with E-state index >= 15 is 0 Å². The van der Waals surface area contributed by atoms with E-state index in [1.54, 1.807) is 0 Å². The van der Waals surface area contributed by atoms with Gasteiger partial charge in [-0.3, -0.25) is 0 Å². The minimum absolute atomic E-state index is 0.920. The Morgan fingerprint density at radius 2 is 0.660 bits per heavy atom. The van der Waals surface area contributed by atoms with Crippen molar-refractivity contribution >= 4 is 54.1 Å². The molecule has 0 saturated carbocycles. The maximum absolute atomic E-state index is 5.20. The van der Waals surface area contributed by atoms with Crippen LogP contribution in [0.2, 0.25) is 0 Å². The van der Waals surface area contributed by atoms with Gasteiger partial charge in [0.2, 0.25) is 0 Å². The summed E-state index contributed by atoms with van der Waals surface area (Å²) in [5.74, 6) is 0.